The Morgan fingerprint density at radius 1 is 1.20 bits per heavy atom. The van der Waals surface area contributed by atoms with Crippen molar-refractivity contribution in [2.75, 3.05) is 20.1 Å². The summed E-state index contributed by atoms with van der Waals surface area (Å²) in [4.78, 5) is 2.34. The van der Waals surface area contributed by atoms with Gasteiger partial charge in [-0.25, -0.2) is 0 Å². The van der Waals surface area contributed by atoms with Gasteiger partial charge >= 0.3 is 0 Å². The molecule has 1 nitrogen and oxygen atoms in total. The first-order chi connectivity index (χ1) is 4.79. The Labute approximate surface area is 64.0 Å². The van der Waals surface area contributed by atoms with Crippen LogP contribution < -0.4 is 0 Å². The van der Waals surface area contributed by atoms with E-state index in [1.165, 1.54) is 31.5 Å². The van der Waals surface area contributed by atoms with Crippen molar-refractivity contribution in [3.63, 3.8) is 0 Å². The number of hydrogen-bond donors (Lipinski definition) is 0. The quantitative estimate of drug-likeness (QED) is 0.464. The minimum atomic E-state index is 1.20. The molecular formula is C9H17N. The molecule has 1 heteroatoms. The second-order valence-corrected chi connectivity index (χ2v) is 2.55. The molecular weight excluding hydrogens is 122 g/mol. The van der Waals surface area contributed by atoms with Crippen LogP contribution >= 0.6 is 0 Å². The maximum atomic E-state index is 3.92. The Morgan fingerprint density at radius 3 is 1.90 bits per heavy atom. The van der Waals surface area contributed by atoms with Crippen LogP contribution in [0.25, 0.3) is 0 Å². The summed E-state index contributed by atoms with van der Waals surface area (Å²) in [5.74, 6) is 0. The average Bonchev–Trinajstić information content (AvgIpc) is 2.00. The molecule has 0 amide bonds. The third-order valence-electron chi connectivity index (χ3n) is 1.69. The van der Waals surface area contributed by atoms with E-state index in [1.54, 1.807) is 0 Å². The second-order valence-electron chi connectivity index (χ2n) is 2.55. The lowest BCUT2D eigenvalue weighted by Crippen LogP contribution is -2.25. The molecule has 0 aromatic heterocycles. The van der Waals surface area contributed by atoms with Gasteiger partial charge in [0, 0.05) is 13.1 Å². The van der Waals surface area contributed by atoms with Crippen molar-refractivity contribution in [1.29, 1.82) is 0 Å². The summed E-state index contributed by atoms with van der Waals surface area (Å²) in [5.41, 5.74) is 1.42. The van der Waals surface area contributed by atoms with Gasteiger partial charge in [-0.1, -0.05) is 12.2 Å². The van der Waals surface area contributed by atoms with E-state index < -0.39 is 0 Å². The van der Waals surface area contributed by atoms with Crippen molar-refractivity contribution in [1.82, 2.24) is 4.90 Å². The molecule has 0 N–H and O–H groups in total. The highest BCUT2D eigenvalue weighted by Gasteiger charge is 2.06. The molecule has 10 heavy (non-hydrogen) atoms. The van der Waals surface area contributed by atoms with Crippen molar-refractivity contribution in [2.24, 2.45) is 0 Å². The Bertz CT molecular complexity index is 97.3. The molecule has 0 radical (unpaired) electrons. The summed E-state index contributed by atoms with van der Waals surface area (Å²) in [6.45, 7) is 12.3. The molecule has 0 aliphatic carbocycles. The summed E-state index contributed by atoms with van der Waals surface area (Å²) in [6.07, 6.45) is 2.41. The molecule has 0 atom stereocenters. The van der Waals surface area contributed by atoms with Crippen molar-refractivity contribution >= 4 is 0 Å². The van der Waals surface area contributed by atoms with E-state index in [-0.39, 0.29) is 0 Å². The fourth-order valence-electron chi connectivity index (χ4n) is 0.935. The zero-order valence-electron chi connectivity index (χ0n) is 6.90. The number of likely N-dealkylation sites (tertiary alicyclic amines) is 1. The molecule has 0 spiro atoms. The average molecular weight is 139 g/mol. The van der Waals surface area contributed by atoms with Crippen LogP contribution in [0, 0.1) is 0 Å². The summed E-state index contributed by atoms with van der Waals surface area (Å²) in [5, 5.41) is 0. The molecule has 0 bridgehead atoms. The molecule has 0 aromatic rings. The summed E-state index contributed by atoms with van der Waals surface area (Å²) in [6, 6.07) is 0. The zero-order chi connectivity index (χ0) is 7.98. The van der Waals surface area contributed by atoms with Gasteiger partial charge in [0.25, 0.3) is 0 Å². The van der Waals surface area contributed by atoms with Crippen LogP contribution in [0.2, 0.25) is 0 Å². The Balaban J connectivity index is 0.000000371. The largest absolute Gasteiger partial charge is 0.306 e. The van der Waals surface area contributed by atoms with Gasteiger partial charge in [-0.2, -0.15) is 0 Å². The minimum absolute atomic E-state index is 1.20. The van der Waals surface area contributed by atoms with Gasteiger partial charge in [-0.3, -0.25) is 0 Å². The van der Waals surface area contributed by atoms with E-state index in [9.17, 15) is 0 Å². The lowest BCUT2D eigenvalue weighted by molar-refractivity contribution is 0.313. The lowest BCUT2D eigenvalue weighted by Gasteiger charge is -2.22. The molecule has 58 valence electrons. The number of piperidine rings is 1. The van der Waals surface area contributed by atoms with Gasteiger partial charge in [-0.15, -0.1) is 13.2 Å². The first-order valence-corrected chi connectivity index (χ1v) is 3.64. The molecule has 1 aliphatic rings. The van der Waals surface area contributed by atoms with E-state index in [4.69, 9.17) is 0 Å². The van der Waals surface area contributed by atoms with Crippen LogP contribution in [0.1, 0.15) is 12.8 Å². The molecule has 1 fully saturated rings. The molecule has 0 saturated carbocycles. The Morgan fingerprint density at radius 2 is 1.60 bits per heavy atom. The van der Waals surface area contributed by atoms with E-state index in [0.29, 0.717) is 0 Å². The van der Waals surface area contributed by atoms with Gasteiger partial charge in [-0.05, 0) is 19.9 Å². The molecule has 1 heterocycles. The van der Waals surface area contributed by atoms with E-state index in [0.717, 1.165) is 0 Å². The standard InChI is InChI=1S/C7H13N.C2H4/c1-7-3-5-8(2)6-4-7;1-2/h1,3-6H2,2H3;1-2H2. The monoisotopic (exact) mass is 139 g/mol. The maximum Gasteiger partial charge on any atom is 0.00156 e. The van der Waals surface area contributed by atoms with E-state index in [2.05, 4.69) is 31.7 Å². The number of rotatable bonds is 0. The number of nitrogens with zero attached hydrogens (tertiary/aromatic N) is 1. The third-order valence-corrected chi connectivity index (χ3v) is 1.69. The Kier molecular flexibility index (Phi) is 4.95. The van der Waals surface area contributed by atoms with Gasteiger partial charge in [0.2, 0.25) is 0 Å². The highest BCUT2D eigenvalue weighted by molar-refractivity contribution is 4.98. The van der Waals surface area contributed by atoms with Gasteiger partial charge in [0.15, 0.2) is 0 Å². The highest BCUT2D eigenvalue weighted by Crippen LogP contribution is 2.10. The predicted octanol–water partition coefficient (Wildman–Crippen LogP) is 2.07. The van der Waals surface area contributed by atoms with Crippen LogP contribution in [-0.4, -0.2) is 25.0 Å². The summed E-state index contributed by atoms with van der Waals surface area (Å²) in [7, 11) is 2.16. The van der Waals surface area contributed by atoms with Crippen molar-refractivity contribution in [2.45, 2.75) is 12.8 Å². The third kappa shape index (κ3) is 3.46. The van der Waals surface area contributed by atoms with Crippen molar-refractivity contribution in [3.05, 3.63) is 25.3 Å². The SMILES string of the molecule is C=C.C=C1CCN(C)CC1. The first kappa shape index (κ1) is 9.44. The number of hydrogen-bond acceptors (Lipinski definition) is 1. The van der Waals surface area contributed by atoms with E-state index in [1.807, 2.05) is 0 Å². The second kappa shape index (κ2) is 5.24. The highest BCUT2D eigenvalue weighted by atomic mass is 15.1. The van der Waals surface area contributed by atoms with Crippen LogP contribution in [-0.2, 0) is 0 Å². The van der Waals surface area contributed by atoms with Crippen molar-refractivity contribution < 1.29 is 0 Å². The normalized spacial score (nSPS) is 19.5. The molecule has 1 aliphatic heterocycles. The molecule has 0 aromatic carbocycles. The van der Waals surface area contributed by atoms with Crippen molar-refractivity contribution in [3.8, 4) is 0 Å². The first-order valence-electron chi connectivity index (χ1n) is 3.64. The minimum Gasteiger partial charge on any atom is -0.306 e. The molecule has 0 unspecified atom stereocenters. The van der Waals surface area contributed by atoms with Gasteiger partial charge in [0.05, 0.1) is 0 Å². The smallest absolute Gasteiger partial charge is 0.00156 e. The van der Waals surface area contributed by atoms with Crippen LogP contribution in [0.15, 0.2) is 25.3 Å². The summed E-state index contributed by atoms with van der Waals surface area (Å²) >= 11 is 0. The van der Waals surface area contributed by atoms with E-state index >= 15 is 0 Å². The summed E-state index contributed by atoms with van der Waals surface area (Å²) < 4.78 is 0. The predicted molar refractivity (Wildman–Crippen MR) is 47.1 cm³/mol. The Hall–Kier alpha value is -0.560. The fraction of sp³-hybridized carbons (Fsp3) is 0.556. The maximum absolute atomic E-state index is 3.92. The lowest BCUT2D eigenvalue weighted by atomic mass is 10.1. The van der Waals surface area contributed by atoms with Crippen LogP contribution in [0.3, 0.4) is 0 Å². The zero-order valence-corrected chi connectivity index (χ0v) is 6.90. The molecule has 1 rings (SSSR count). The van der Waals surface area contributed by atoms with Crippen LogP contribution in [0.5, 0.6) is 0 Å². The van der Waals surface area contributed by atoms with Gasteiger partial charge < -0.3 is 4.90 Å². The van der Waals surface area contributed by atoms with Crippen LogP contribution in [0.4, 0.5) is 0 Å². The fourth-order valence-corrected chi connectivity index (χ4v) is 0.935. The molecule has 1 saturated heterocycles. The van der Waals surface area contributed by atoms with Gasteiger partial charge in [0.1, 0.15) is 0 Å². The topological polar surface area (TPSA) is 3.24 Å².